The zero-order valence-corrected chi connectivity index (χ0v) is 23.3. The maximum absolute atomic E-state index is 13.6. The molecule has 0 fully saturated rings. The van der Waals surface area contributed by atoms with Crippen LogP contribution in [-0.4, -0.2) is 59.5 Å². The lowest BCUT2D eigenvalue weighted by molar-refractivity contribution is -0.143. The van der Waals surface area contributed by atoms with Gasteiger partial charge in [-0.2, -0.15) is 0 Å². The van der Waals surface area contributed by atoms with Gasteiger partial charge >= 0.3 is 5.97 Å². The number of aliphatic carboxylic acids is 1. The Hall–Kier alpha value is -3.76. The zero-order chi connectivity index (χ0) is 29.5. The predicted octanol–water partition coefficient (Wildman–Crippen LogP) is 1.51. The van der Waals surface area contributed by atoms with Gasteiger partial charge in [-0.15, -0.1) is 0 Å². The third kappa shape index (κ3) is 10.8. The lowest BCUT2D eigenvalue weighted by atomic mass is 9.96. The van der Waals surface area contributed by atoms with Crippen LogP contribution < -0.4 is 27.4 Å². The Labute approximate surface area is 236 Å². The van der Waals surface area contributed by atoms with Crippen molar-refractivity contribution in [2.75, 3.05) is 6.54 Å². The summed E-state index contributed by atoms with van der Waals surface area (Å²) in [4.78, 5) is 51.6. The quantitative estimate of drug-likeness (QED) is 0.161. The Morgan fingerprint density at radius 3 is 1.85 bits per heavy atom. The topological polar surface area (TPSA) is 177 Å². The average molecular weight is 554 g/mol. The lowest BCUT2D eigenvalue weighted by Gasteiger charge is -2.28. The third-order valence-corrected chi connectivity index (χ3v) is 6.91. The fourth-order valence-electron chi connectivity index (χ4n) is 4.27. The van der Waals surface area contributed by atoms with Gasteiger partial charge in [-0.3, -0.25) is 14.4 Å². The molecule has 0 aromatic heterocycles. The van der Waals surface area contributed by atoms with Crippen molar-refractivity contribution >= 4 is 23.7 Å². The van der Waals surface area contributed by atoms with Crippen molar-refractivity contribution in [2.45, 2.75) is 76.5 Å². The van der Waals surface area contributed by atoms with Gasteiger partial charge in [0, 0.05) is 6.42 Å². The number of nitrogens with one attached hydrogen (secondary N) is 3. The first kappa shape index (κ1) is 32.5. The average Bonchev–Trinajstić information content (AvgIpc) is 2.95. The van der Waals surface area contributed by atoms with Crippen LogP contribution in [0.2, 0.25) is 0 Å². The fraction of sp³-hybridized carbons (Fsp3) is 0.467. The Morgan fingerprint density at radius 1 is 0.775 bits per heavy atom. The van der Waals surface area contributed by atoms with Crippen molar-refractivity contribution < 1.29 is 24.3 Å². The molecular formula is C30H43N5O5. The first-order valence-corrected chi connectivity index (χ1v) is 13.8. The van der Waals surface area contributed by atoms with Gasteiger partial charge in [-0.1, -0.05) is 80.9 Å². The van der Waals surface area contributed by atoms with Gasteiger partial charge in [0.05, 0.1) is 6.04 Å². The number of carboxylic acids is 1. The van der Waals surface area contributed by atoms with Gasteiger partial charge in [0.15, 0.2) is 0 Å². The number of hydrogen-bond acceptors (Lipinski definition) is 6. The van der Waals surface area contributed by atoms with E-state index in [4.69, 9.17) is 11.5 Å². The molecule has 40 heavy (non-hydrogen) atoms. The molecule has 0 saturated carbocycles. The molecule has 5 atom stereocenters. The number of benzene rings is 2. The van der Waals surface area contributed by atoms with Gasteiger partial charge in [-0.05, 0) is 49.3 Å². The Kier molecular flexibility index (Phi) is 13.8. The Bertz CT molecular complexity index is 1080. The molecule has 2 aromatic carbocycles. The number of carbonyl (C=O) groups is 4. The van der Waals surface area contributed by atoms with E-state index in [0.29, 0.717) is 32.2 Å². The number of unbranched alkanes of at least 4 members (excludes halogenated alkanes) is 1. The molecule has 3 amide bonds. The largest absolute Gasteiger partial charge is 0.480 e. The zero-order valence-electron chi connectivity index (χ0n) is 23.3. The monoisotopic (exact) mass is 553 g/mol. The first-order valence-electron chi connectivity index (χ1n) is 13.8. The van der Waals surface area contributed by atoms with E-state index in [1.54, 1.807) is 6.92 Å². The minimum Gasteiger partial charge on any atom is -0.480 e. The van der Waals surface area contributed by atoms with Crippen LogP contribution in [-0.2, 0) is 32.0 Å². The summed E-state index contributed by atoms with van der Waals surface area (Å²) in [5.74, 6) is -3.08. The number of hydrogen-bond donors (Lipinski definition) is 6. The van der Waals surface area contributed by atoms with Crippen LogP contribution in [0.5, 0.6) is 0 Å². The summed E-state index contributed by atoms with van der Waals surface area (Å²) in [7, 11) is 0. The molecule has 0 aliphatic heterocycles. The molecule has 0 spiro atoms. The van der Waals surface area contributed by atoms with Crippen LogP contribution in [0.25, 0.3) is 0 Å². The molecule has 0 bridgehead atoms. The summed E-state index contributed by atoms with van der Waals surface area (Å²) < 4.78 is 0. The van der Waals surface area contributed by atoms with Gasteiger partial charge in [-0.25, -0.2) is 4.79 Å². The maximum atomic E-state index is 13.6. The molecule has 218 valence electrons. The highest BCUT2D eigenvalue weighted by molar-refractivity contribution is 5.94. The van der Waals surface area contributed by atoms with E-state index < -0.39 is 47.9 Å². The predicted molar refractivity (Wildman–Crippen MR) is 154 cm³/mol. The van der Waals surface area contributed by atoms with E-state index in [-0.39, 0.29) is 18.8 Å². The molecular weight excluding hydrogens is 510 g/mol. The lowest BCUT2D eigenvalue weighted by Crippen LogP contribution is -2.59. The van der Waals surface area contributed by atoms with Crippen molar-refractivity contribution in [3.8, 4) is 0 Å². The highest BCUT2D eigenvalue weighted by atomic mass is 16.4. The summed E-state index contributed by atoms with van der Waals surface area (Å²) in [6.45, 7) is 4.10. The van der Waals surface area contributed by atoms with Gasteiger partial charge in [0.25, 0.3) is 0 Å². The van der Waals surface area contributed by atoms with Crippen LogP contribution in [0.15, 0.2) is 60.7 Å². The number of amides is 3. The van der Waals surface area contributed by atoms with Gasteiger partial charge in [0.2, 0.25) is 17.7 Å². The van der Waals surface area contributed by atoms with Crippen molar-refractivity contribution in [1.82, 2.24) is 16.0 Å². The minimum atomic E-state index is -1.15. The molecule has 0 aliphatic rings. The smallest absolute Gasteiger partial charge is 0.326 e. The van der Waals surface area contributed by atoms with Gasteiger partial charge < -0.3 is 32.5 Å². The van der Waals surface area contributed by atoms with Crippen molar-refractivity contribution in [2.24, 2.45) is 17.4 Å². The Morgan fingerprint density at radius 2 is 1.32 bits per heavy atom. The summed E-state index contributed by atoms with van der Waals surface area (Å²) in [6, 6.07) is 14.6. The van der Waals surface area contributed by atoms with E-state index in [2.05, 4.69) is 16.0 Å². The van der Waals surface area contributed by atoms with E-state index in [1.807, 2.05) is 67.6 Å². The van der Waals surface area contributed by atoms with E-state index in [9.17, 15) is 24.3 Å². The molecule has 8 N–H and O–H groups in total. The number of nitrogens with two attached hydrogens (primary N) is 2. The second-order valence-electron chi connectivity index (χ2n) is 10.1. The Balaban J connectivity index is 2.20. The summed E-state index contributed by atoms with van der Waals surface area (Å²) in [5.41, 5.74) is 13.4. The normalized spacial score (nSPS) is 14.7. The van der Waals surface area contributed by atoms with Crippen molar-refractivity contribution in [3.05, 3.63) is 71.8 Å². The molecule has 10 heteroatoms. The van der Waals surface area contributed by atoms with E-state index in [1.165, 1.54) is 0 Å². The minimum absolute atomic E-state index is 0.183. The van der Waals surface area contributed by atoms with E-state index >= 15 is 0 Å². The van der Waals surface area contributed by atoms with Crippen LogP contribution in [0.4, 0.5) is 0 Å². The molecule has 5 unspecified atom stereocenters. The standard InChI is InChI=1S/C30H43N5O5/c1-3-20(2)26(29(38)33-24(30(39)40)16-10-11-17-31)35-28(37)25(19-22-14-8-5-9-15-22)34-27(36)23(32)18-21-12-6-4-7-13-21/h4-9,12-15,20,23-26H,3,10-11,16-19,31-32H2,1-2H3,(H,33,38)(H,34,36)(H,35,37)(H,39,40). The number of carboxylic acid groups (broad SMARTS) is 1. The van der Waals surface area contributed by atoms with Crippen LogP contribution in [0.3, 0.4) is 0 Å². The molecule has 0 saturated heterocycles. The second-order valence-corrected chi connectivity index (χ2v) is 10.1. The molecule has 0 aliphatic carbocycles. The van der Waals surface area contributed by atoms with Crippen LogP contribution in [0.1, 0.15) is 50.7 Å². The summed E-state index contributed by atoms with van der Waals surface area (Å²) in [5, 5.41) is 17.7. The highest BCUT2D eigenvalue weighted by Gasteiger charge is 2.32. The number of carbonyl (C=O) groups excluding carboxylic acids is 3. The van der Waals surface area contributed by atoms with Crippen molar-refractivity contribution in [1.29, 1.82) is 0 Å². The van der Waals surface area contributed by atoms with Gasteiger partial charge in [0.1, 0.15) is 18.1 Å². The SMILES string of the molecule is CCC(C)C(NC(=O)C(Cc1ccccc1)NC(=O)C(N)Cc1ccccc1)C(=O)NC(CCCCN)C(=O)O. The molecule has 2 rings (SSSR count). The molecule has 0 heterocycles. The van der Waals surface area contributed by atoms with Crippen molar-refractivity contribution in [3.63, 3.8) is 0 Å². The van der Waals surface area contributed by atoms with Crippen LogP contribution >= 0.6 is 0 Å². The second kappa shape index (κ2) is 17.0. The maximum Gasteiger partial charge on any atom is 0.326 e. The highest BCUT2D eigenvalue weighted by Crippen LogP contribution is 2.12. The van der Waals surface area contributed by atoms with Crippen LogP contribution in [0, 0.1) is 5.92 Å². The molecule has 0 radical (unpaired) electrons. The fourth-order valence-corrected chi connectivity index (χ4v) is 4.27. The molecule has 10 nitrogen and oxygen atoms in total. The first-order chi connectivity index (χ1) is 19.2. The van der Waals surface area contributed by atoms with E-state index in [0.717, 1.165) is 11.1 Å². The third-order valence-electron chi connectivity index (χ3n) is 6.91. The summed E-state index contributed by atoms with van der Waals surface area (Å²) >= 11 is 0. The molecule has 2 aromatic rings. The summed E-state index contributed by atoms with van der Waals surface area (Å²) in [6.07, 6.45) is 2.44. The number of rotatable bonds is 17.